The molecule has 5 rings (SSSR count). The minimum Gasteiger partial charge on any atom is -0.361 e. The molecular weight excluding hydrogens is 394 g/mol. The van der Waals surface area contributed by atoms with E-state index in [2.05, 4.69) is 20.6 Å². The number of H-pyrrole nitrogens is 1. The number of nitrogens with zero attached hydrogens (tertiary/aromatic N) is 2. The Hall–Kier alpha value is -3.68. The SMILES string of the molecule is O=C(NC1CCN2C(=O)C(Cc3c[nH]c4ccccc34)NC(=O)C2C1)c1ccncc1. The maximum Gasteiger partial charge on any atom is 0.251 e. The molecular formula is C23H23N5O3. The highest BCUT2D eigenvalue weighted by Crippen LogP contribution is 2.25. The first-order valence-corrected chi connectivity index (χ1v) is 10.5. The van der Waals surface area contributed by atoms with Crippen LogP contribution in [-0.2, 0) is 16.0 Å². The molecule has 0 aliphatic carbocycles. The molecule has 0 spiro atoms. The monoisotopic (exact) mass is 417 g/mol. The largest absolute Gasteiger partial charge is 0.361 e. The third kappa shape index (κ3) is 3.65. The summed E-state index contributed by atoms with van der Waals surface area (Å²) in [5, 5.41) is 6.95. The van der Waals surface area contributed by atoms with Crippen LogP contribution in [0.5, 0.6) is 0 Å². The predicted molar refractivity (Wildman–Crippen MR) is 114 cm³/mol. The molecule has 1 aromatic carbocycles. The molecule has 2 fully saturated rings. The first-order chi connectivity index (χ1) is 15.1. The van der Waals surface area contributed by atoms with Gasteiger partial charge in [0, 0.05) is 54.1 Å². The van der Waals surface area contributed by atoms with Crippen molar-refractivity contribution in [2.24, 2.45) is 0 Å². The summed E-state index contributed by atoms with van der Waals surface area (Å²) in [6.45, 7) is 0.447. The van der Waals surface area contributed by atoms with Crippen molar-refractivity contribution in [3.8, 4) is 0 Å². The summed E-state index contributed by atoms with van der Waals surface area (Å²) >= 11 is 0. The van der Waals surface area contributed by atoms with Gasteiger partial charge in [0.05, 0.1) is 0 Å². The highest BCUT2D eigenvalue weighted by atomic mass is 16.2. The van der Waals surface area contributed by atoms with Crippen molar-refractivity contribution >= 4 is 28.6 Å². The molecule has 8 nitrogen and oxygen atoms in total. The van der Waals surface area contributed by atoms with E-state index in [0.717, 1.165) is 16.5 Å². The molecule has 31 heavy (non-hydrogen) atoms. The van der Waals surface area contributed by atoms with Crippen molar-refractivity contribution in [2.75, 3.05) is 6.54 Å². The molecule has 3 amide bonds. The third-order valence-electron chi connectivity index (χ3n) is 6.18. The van der Waals surface area contributed by atoms with E-state index >= 15 is 0 Å². The van der Waals surface area contributed by atoms with Gasteiger partial charge in [-0.05, 0) is 36.6 Å². The van der Waals surface area contributed by atoms with E-state index < -0.39 is 12.1 Å². The van der Waals surface area contributed by atoms with Crippen LogP contribution in [0.4, 0.5) is 0 Å². The molecule has 3 unspecified atom stereocenters. The average molecular weight is 417 g/mol. The minimum absolute atomic E-state index is 0.0613. The topological polar surface area (TPSA) is 107 Å². The zero-order valence-corrected chi connectivity index (χ0v) is 16.9. The quantitative estimate of drug-likeness (QED) is 0.596. The van der Waals surface area contributed by atoms with E-state index in [1.807, 2.05) is 30.5 Å². The predicted octanol–water partition coefficient (Wildman–Crippen LogP) is 1.39. The fourth-order valence-corrected chi connectivity index (χ4v) is 4.57. The summed E-state index contributed by atoms with van der Waals surface area (Å²) in [6.07, 6.45) is 6.51. The molecule has 0 bridgehead atoms. The Bertz CT molecular complexity index is 1140. The molecule has 8 heteroatoms. The standard InChI is InChI=1S/C23H23N5O3/c29-21(14-5-8-24-9-6-14)26-16-7-10-28-20(12-16)22(30)27-19(23(28)31)11-15-13-25-18-4-2-1-3-17(15)18/h1-6,8-9,13,16,19-20,25H,7,10-12H2,(H,26,29)(H,27,30). The third-order valence-corrected chi connectivity index (χ3v) is 6.18. The number of hydrogen-bond donors (Lipinski definition) is 3. The summed E-state index contributed by atoms with van der Waals surface area (Å²) in [5.41, 5.74) is 2.54. The molecule has 3 aromatic rings. The molecule has 2 saturated heterocycles. The van der Waals surface area contributed by atoms with Crippen molar-refractivity contribution in [1.82, 2.24) is 25.5 Å². The Labute approximate surface area is 179 Å². The van der Waals surface area contributed by atoms with Crippen LogP contribution in [0.1, 0.15) is 28.8 Å². The second kappa shape index (κ2) is 7.86. The molecule has 3 N–H and O–H groups in total. The normalized spacial score (nSPS) is 23.4. The van der Waals surface area contributed by atoms with Crippen LogP contribution in [0, 0.1) is 0 Å². The lowest BCUT2D eigenvalue weighted by Crippen LogP contribution is -2.67. The van der Waals surface area contributed by atoms with Gasteiger partial charge < -0.3 is 20.5 Å². The number of hydrogen-bond acceptors (Lipinski definition) is 4. The van der Waals surface area contributed by atoms with Gasteiger partial charge >= 0.3 is 0 Å². The van der Waals surface area contributed by atoms with E-state index in [9.17, 15) is 14.4 Å². The van der Waals surface area contributed by atoms with Crippen molar-refractivity contribution in [3.63, 3.8) is 0 Å². The summed E-state index contributed by atoms with van der Waals surface area (Å²) < 4.78 is 0. The molecule has 0 radical (unpaired) electrons. The van der Waals surface area contributed by atoms with Crippen LogP contribution in [0.2, 0.25) is 0 Å². The van der Waals surface area contributed by atoms with Gasteiger partial charge in [-0.2, -0.15) is 0 Å². The number of para-hydroxylation sites is 1. The second-order valence-corrected chi connectivity index (χ2v) is 8.10. The minimum atomic E-state index is -0.578. The summed E-state index contributed by atoms with van der Waals surface area (Å²) in [7, 11) is 0. The molecule has 3 atom stereocenters. The first kappa shape index (κ1) is 19.3. The van der Waals surface area contributed by atoms with Crippen molar-refractivity contribution in [1.29, 1.82) is 0 Å². The summed E-state index contributed by atoms with van der Waals surface area (Å²) in [4.78, 5) is 47.2. The number of carbonyl (C=O) groups is 3. The fraction of sp³-hybridized carbons (Fsp3) is 0.304. The Kier molecular flexibility index (Phi) is 4.89. The summed E-state index contributed by atoms with van der Waals surface area (Å²) in [6, 6.07) is 9.92. The van der Waals surface area contributed by atoms with E-state index in [1.54, 1.807) is 29.4 Å². The Morgan fingerprint density at radius 3 is 2.81 bits per heavy atom. The number of pyridine rings is 1. The van der Waals surface area contributed by atoms with Gasteiger partial charge in [-0.1, -0.05) is 18.2 Å². The molecule has 2 aliphatic rings. The van der Waals surface area contributed by atoms with Crippen molar-refractivity contribution < 1.29 is 14.4 Å². The number of benzene rings is 1. The molecule has 2 aromatic heterocycles. The van der Waals surface area contributed by atoms with Crippen LogP contribution in [0.15, 0.2) is 55.0 Å². The van der Waals surface area contributed by atoms with Gasteiger partial charge in [-0.15, -0.1) is 0 Å². The van der Waals surface area contributed by atoms with Gasteiger partial charge in [0.1, 0.15) is 12.1 Å². The number of piperidine rings is 1. The Balaban J connectivity index is 1.26. The van der Waals surface area contributed by atoms with Gasteiger partial charge in [0.25, 0.3) is 5.91 Å². The number of aromatic nitrogens is 2. The van der Waals surface area contributed by atoms with Crippen LogP contribution in [-0.4, -0.2) is 57.3 Å². The molecule has 2 aliphatic heterocycles. The number of nitrogens with one attached hydrogen (secondary N) is 3. The van der Waals surface area contributed by atoms with Crippen LogP contribution < -0.4 is 10.6 Å². The smallest absolute Gasteiger partial charge is 0.251 e. The maximum atomic E-state index is 13.1. The fourth-order valence-electron chi connectivity index (χ4n) is 4.57. The van der Waals surface area contributed by atoms with E-state index in [4.69, 9.17) is 0 Å². The van der Waals surface area contributed by atoms with E-state index in [-0.39, 0.29) is 23.8 Å². The second-order valence-electron chi connectivity index (χ2n) is 8.10. The lowest BCUT2D eigenvalue weighted by molar-refractivity contribution is -0.151. The number of carbonyl (C=O) groups excluding carboxylic acids is 3. The zero-order valence-electron chi connectivity index (χ0n) is 16.9. The highest BCUT2D eigenvalue weighted by Gasteiger charge is 2.44. The van der Waals surface area contributed by atoms with Gasteiger partial charge in [0.2, 0.25) is 11.8 Å². The number of aromatic amines is 1. The lowest BCUT2D eigenvalue weighted by Gasteiger charge is -2.44. The molecule has 0 saturated carbocycles. The molecule has 158 valence electrons. The summed E-state index contributed by atoms with van der Waals surface area (Å²) in [5.74, 6) is -0.415. The average Bonchev–Trinajstić information content (AvgIpc) is 3.21. The first-order valence-electron chi connectivity index (χ1n) is 10.5. The number of fused-ring (bicyclic) bond motifs is 2. The lowest BCUT2D eigenvalue weighted by atomic mass is 9.91. The zero-order chi connectivity index (χ0) is 21.4. The Morgan fingerprint density at radius 1 is 1.16 bits per heavy atom. The Morgan fingerprint density at radius 2 is 1.97 bits per heavy atom. The van der Waals surface area contributed by atoms with Crippen molar-refractivity contribution in [2.45, 2.75) is 37.4 Å². The molecule has 4 heterocycles. The van der Waals surface area contributed by atoms with Crippen LogP contribution in [0.3, 0.4) is 0 Å². The van der Waals surface area contributed by atoms with Crippen LogP contribution in [0.25, 0.3) is 10.9 Å². The van der Waals surface area contributed by atoms with Gasteiger partial charge in [-0.25, -0.2) is 0 Å². The van der Waals surface area contributed by atoms with Gasteiger partial charge in [-0.3, -0.25) is 19.4 Å². The number of piperazine rings is 1. The van der Waals surface area contributed by atoms with Gasteiger partial charge in [0.15, 0.2) is 0 Å². The van der Waals surface area contributed by atoms with E-state index in [1.165, 1.54) is 0 Å². The van der Waals surface area contributed by atoms with E-state index in [0.29, 0.717) is 31.4 Å². The van der Waals surface area contributed by atoms with Crippen LogP contribution >= 0.6 is 0 Å². The van der Waals surface area contributed by atoms with Crippen molar-refractivity contribution in [3.05, 3.63) is 66.1 Å². The number of rotatable bonds is 4. The number of amides is 3. The maximum absolute atomic E-state index is 13.1. The highest BCUT2D eigenvalue weighted by molar-refractivity contribution is 5.98.